The van der Waals surface area contributed by atoms with Crippen molar-refractivity contribution in [2.75, 3.05) is 5.32 Å². The summed E-state index contributed by atoms with van der Waals surface area (Å²) in [6.07, 6.45) is 1.58. The average Bonchev–Trinajstić information content (AvgIpc) is 2.41. The van der Waals surface area contributed by atoms with Gasteiger partial charge in [-0.25, -0.2) is 4.98 Å². The molecule has 2 aromatic heterocycles. The zero-order chi connectivity index (χ0) is 15.6. The van der Waals surface area contributed by atoms with Gasteiger partial charge in [0.15, 0.2) is 0 Å². The lowest BCUT2D eigenvalue weighted by Gasteiger charge is -2.22. The number of nitrogens with zero attached hydrogens (tertiary/aromatic N) is 2. The van der Waals surface area contributed by atoms with E-state index in [0.717, 1.165) is 5.69 Å². The first-order valence-electron chi connectivity index (χ1n) is 6.73. The maximum atomic E-state index is 12.3. The molecule has 0 aliphatic heterocycles. The fourth-order valence-corrected chi connectivity index (χ4v) is 2.18. The molecule has 2 rings (SSSR count). The molecule has 2 aromatic rings. The summed E-state index contributed by atoms with van der Waals surface area (Å²) in [5.41, 5.74) is 0.512. The third-order valence-corrected chi connectivity index (χ3v) is 3.22. The highest BCUT2D eigenvalue weighted by molar-refractivity contribution is 6.03. The maximum absolute atomic E-state index is 12.3. The highest BCUT2D eigenvalue weighted by atomic mass is 16.2. The quantitative estimate of drug-likeness (QED) is 0.921. The summed E-state index contributed by atoms with van der Waals surface area (Å²) < 4.78 is 1.52. The molecule has 2 heterocycles. The van der Waals surface area contributed by atoms with Gasteiger partial charge in [0.05, 0.1) is 0 Å². The van der Waals surface area contributed by atoms with Crippen LogP contribution in [0.2, 0.25) is 0 Å². The standard InChI is InChI=1S/C16H19N3O2/c1-16(2,3)12-9-8-11(15(21)19(12)4)14(20)18-13-7-5-6-10-17-13/h5-10H,1-4H3,(H,17,18,20). The SMILES string of the molecule is Cn1c(C(C)(C)C)ccc(C(=O)Nc2ccccn2)c1=O. The van der Waals surface area contributed by atoms with Gasteiger partial charge in [-0.15, -0.1) is 0 Å². The average molecular weight is 285 g/mol. The zero-order valence-corrected chi connectivity index (χ0v) is 12.7. The Morgan fingerprint density at radius 3 is 2.48 bits per heavy atom. The van der Waals surface area contributed by atoms with Crippen molar-refractivity contribution in [3.8, 4) is 0 Å². The molecule has 0 saturated heterocycles. The van der Waals surface area contributed by atoms with Gasteiger partial charge in [-0.1, -0.05) is 26.8 Å². The van der Waals surface area contributed by atoms with E-state index in [1.54, 1.807) is 37.5 Å². The van der Waals surface area contributed by atoms with E-state index in [2.05, 4.69) is 10.3 Å². The molecule has 0 unspecified atom stereocenters. The Morgan fingerprint density at radius 2 is 1.90 bits per heavy atom. The fraction of sp³-hybridized carbons (Fsp3) is 0.312. The molecule has 1 N–H and O–H groups in total. The van der Waals surface area contributed by atoms with E-state index >= 15 is 0 Å². The van der Waals surface area contributed by atoms with Crippen molar-refractivity contribution in [3.05, 3.63) is 58.1 Å². The number of carbonyl (C=O) groups is 1. The minimum atomic E-state index is -0.449. The fourth-order valence-electron chi connectivity index (χ4n) is 2.18. The summed E-state index contributed by atoms with van der Waals surface area (Å²) in [6, 6.07) is 8.58. The molecular weight excluding hydrogens is 266 g/mol. The van der Waals surface area contributed by atoms with Crippen LogP contribution in [0.3, 0.4) is 0 Å². The van der Waals surface area contributed by atoms with Gasteiger partial charge in [0, 0.05) is 24.4 Å². The number of anilines is 1. The lowest BCUT2D eigenvalue weighted by molar-refractivity contribution is 0.102. The first-order valence-corrected chi connectivity index (χ1v) is 6.73. The molecular formula is C16H19N3O2. The van der Waals surface area contributed by atoms with E-state index < -0.39 is 5.91 Å². The summed E-state index contributed by atoms with van der Waals surface area (Å²) >= 11 is 0. The van der Waals surface area contributed by atoms with Gasteiger partial charge in [0.1, 0.15) is 11.4 Å². The van der Waals surface area contributed by atoms with Crippen LogP contribution in [0.5, 0.6) is 0 Å². The topological polar surface area (TPSA) is 64.0 Å². The van der Waals surface area contributed by atoms with E-state index in [1.165, 1.54) is 4.57 Å². The lowest BCUT2D eigenvalue weighted by Crippen LogP contribution is -2.32. The summed E-state index contributed by atoms with van der Waals surface area (Å²) in [6.45, 7) is 6.07. The molecule has 0 radical (unpaired) electrons. The highest BCUT2D eigenvalue weighted by Crippen LogP contribution is 2.20. The third kappa shape index (κ3) is 3.18. The molecule has 1 amide bonds. The second kappa shape index (κ2) is 5.52. The van der Waals surface area contributed by atoms with Gasteiger partial charge in [-0.2, -0.15) is 0 Å². The van der Waals surface area contributed by atoms with Crippen molar-refractivity contribution in [2.45, 2.75) is 26.2 Å². The van der Waals surface area contributed by atoms with Crippen LogP contribution in [-0.2, 0) is 12.5 Å². The van der Waals surface area contributed by atoms with E-state index in [0.29, 0.717) is 5.82 Å². The van der Waals surface area contributed by atoms with Crippen LogP contribution in [0.4, 0.5) is 5.82 Å². The largest absolute Gasteiger partial charge is 0.315 e. The second-order valence-electron chi connectivity index (χ2n) is 5.92. The van der Waals surface area contributed by atoms with Crippen molar-refractivity contribution in [1.82, 2.24) is 9.55 Å². The normalized spacial score (nSPS) is 11.2. The van der Waals surface area contributed by atoms with Crippen LogP contribution in [0.15, 0.2) is 41.3 Å². The van der Waals surface area contributed by atoms with Crippen molar-refractivity contribution in [1.29, 1.82) is 0 Å². The van der Waals surface area contributed by atoms with Crippen LogP contribution >= 0.6 is 0 Å². The van der Waals surface area contributed by atoms with Crippen LogP contribution in [0, 0.1) is 0 Å². The molecule has 21 heavy (non-hydrogen) atoms. The summed E-state index contributed by atoms with van der Waals surface area (Å²) in [5, 5.41) is 2.62. The molecule has 110 valence electrons. The Balaban J connectivity index is 2.36. The zero-order valence-electron chi connectivity index (χ0n) is 12.7. The van der Waals surface area contributed by atoms with Gasteiger partial charge < -0.3 is 9.88 Å². The number of aromatic nitrogens is 2. The number of carbonyl (C=O) groups excluding carboxylic acids is 1. The van der Waals surface area contributed by atoms with Crippen molar-refractivity contribution < 1.29 is 4.79 Å². The van der Waals surface area contributed by atoms with Crippen molar-refractivity contribution in [2.24, 2.45) is 7.05 Å². The van der Waals surface area contributed by atoms with Crippen molar-refractivity contribution >= 4 is 11.7 Å². The maximum Gasteiger partial charge on any atom is 0.263 e. The number of hydrogen-bond acceptors (Lipinski definition) is 3. The Bertz CT molecular complexity index is 713. The number of nitrogens with one attached hydrogen (secondary N) is 1. The first-order chi connectivity index (χ1) is 9.80. The number of rotatable bonds is 2. The van der Waals surface area contributed by atoms with Gasteiger partial charge >= 0.3 is 0 Å². The highest BCUT2D eigenvalue weighted by Gasteiger charge is 2.20. The Morgan fingerprint density at radius 1 is 1.19 bits per heavy atom. The molecule has 0 aromatic carbocycles. The van der Waals surface area contributed by atoms with Crippen molar-refractivity contribution in [3.63, 3.8) is 0 Å². The van der Waals surface area contributed by atoms with Gasteiger partial charge in [-0.3, -0.25) is 9.59 Å². The van der Waals surface area contributed by atoms with Crippen LogP contribution in [0.1, 0.15) is 36.8 Å². The molecule has 0 spiro atoms. The smallest absolute Gasteiger partial charge is 0.263 e. The van der Waals surface area contributed by atoms with E-state index in [1.807, 2.05) is 26.8 Å². The summed E-state index contributed by atoms with van der Waals surface area (Å²) in [4.78, 5) is 28.5. The van der Waals surface area contributed by atoms with Gasteiger partial charge in [0.25, 0.3) is 11.5 Å². The lowest BCUT2D eigenvalue weighted by atomic mass is 9.91. The van der Waals surface area contributed by atoms with E-state index in [9.17, 15) is 9.59 Å². The Kier molecular flexibility index (Phi) is 3.93. The van der Waals surface area contributed by atoms with Gasteiger partial charge in [0.2, 0.25) is 0 Å². The Hall–Kier alpha value is -2.43. The van der Waals surface area contributed by atoms with E-state index in [-0.39, 0.29) is 16.5 Å². The van der Waals surface area contributed by atoms with Crippen LogP contribution < -0.4 is 10.9 Å². The molecule has 0 bridgehead atoms. The number of pyridine rings is 2. The van der Waals surface area contributed by atoms with Crippen LogP contribution in [-0.4, -0.2) is 15.5 Å². The molecule has 0 saturated carbocycles. The predicted molar refractivity (Wildman–Crippen MR) is 82.6 cm³/mol. The summed E-state index contributed by atoms with van der Waals surface area (Å²) in [5.74, 6) is -0.0285. The first kappa shape index (κ1) is 15.0. The van der Waals surface area contributed by atoms with E-state index in [4.69, 9.17) is 0 Å². The Labute approximate surface area is 123 Å². The molecule has 0 fully saturated rings. The number of hydrogen-bond donors (Lipinski definition) is 1. The monoisotopic (exact) mass is 285 g/mol. The third-order valence-electron chi connectivity index (χ3n) is 3.22. The molecule has 0 atom stereocenters. The van der Waals surface area contributed by atoms with Gasteiger partial charge in [-0.05, 0) is 24.3 Å². The summed E-state index contributed by atoms with van der Waals surface area (Å²) in [7, 11) is 1.68. The molecule has 0 aliphatic rings. The minimum Gasteiger partial charge on any atom is -0.315 e. The molecule has 5 heteroatoms. The number of amides is 1. The predicted octanol–water partition coefficient (Wildman–Crippen LogP) is 2.33. The van der Waals surface area contributed by atoms with Crippen LogP contribution in [0.25, 0.3) is 0 Å². The molecule has 0 aliphatic carbocycles. The second-order valence-corrected chi connectivity index (χ2v) is 5.92. The minimum absolute atomic E-state index is 0.108. The molecule has 5 nitrogen and oxygen atoms in total.